The summed E-state index contributed by atoms with van der Waals surface area (Å²) in [4.78, 5) is 35.2. The van der Waals surface area contributed by atoms with Crippen molar-refractivity contribution in [1.82, 2.24) is 16.2 Å². The van der Waals surface area contributed by atoms with E-state index in [1.807, 2.05) is 24.3 Å². The first-order valence-electron chi connectivity index (χ1n) is 9.39. The number of nitrogens with one attached hydrogen (secondary N) is 3. The lowest BCUT2D eigenvalue weighted by atomic mass is 10.0. The van der Waals surface area contributed by atoms with E-state index in [2.05, 4.69) is 22.2 Å². The third-order valence-corrected chi connectivity index (χ3v) is 4.20. The van der Waals surface area contributed by atoms with Gasteiger partial charge in [-0.15, -0.1) is 0 Å². The summed E-state index contributed by atoms with van der Waals surface area (Å²) in [6.45, 7) is 4.60. The van der Waals surface area contributed by atoms with Crippen molar-refractivity contribution in [3.05, 3.63) is 54.1 Å². The largest absolute Gasteiger partial charge is 0.484 e. The van der Waals surface area contributed by atoms with Gasteiger partial charge < -0.3 is 10.1 Å². The van der Waals surface area contributed by atoms with Gasteiger partial charge in [0.15, 0.2) is 6.61 Å². The van der Waals surface area contributed by atoms with Crippen molar-refractivity contribution >= 4 is 17.7 Å². The first-order valence-corrected chi connectivity index (χ1v) is 9.39. The molecule has 30 heavy (non-hydrogen) atoms. The van der Waals surface area contributed by atoms with Crippen molar-refractivity contribution in [1.29, 1.82) is 5.26 Å². The first-order chi connectivity index (χ1) is 14.3. The van der Waals surface area contributed by atoms with Crippen molar-refractivity contribution in [2.24, 2.45) is 5.92 Å². The SMILES string of the molecule is CC(=O)NC(C(=O)NNC(=O)COc1ccc(-c2ccc(C#N)cc2)cc1)C(C)C. The highest BCUT2D eigenvalue weighted by atomic mass is 16.5. The van der Waals surface area contributed by atoms with E-state index in [4.69, 9.17) is 10.00 Å². The highest BCUT2D eigenvalue weighted by molar-refractivity contribution is 5.89. The number of carbonyl (C=O) groups excluding carboxylic acids is 3. The Morgan fingerprint density at radius 2 is 1.53 bits per heavy atom. The fraction of sp³-hybridized carbons (Fsp3) is 0.273. The molecule has 0 bridgehead atoms. The van der Waals surface area contributed by atoms with E-state index in [0.717, 1.165) is 11.1 Å². The molecule has 2 aromatic rings. The van der Waals surface area contributed by atoms with Gasteiger partial charge in [0.25, 0.3) is 11.8 Å². The van der Waals surface area contributed by atoms with Crippen molar-refractivity contribution in [2.75, 3.05) is 6.61 Å². The number of hydrogen-bond donors (Lipinski definition) is 3. The summed E-state index contributed by atoms with van der Waals surface area (Å²) < 4.78 is 5.42. The Kier molecular flexibility index (Phi) is 7.94. The topological polar surface area (TPSA) is 120 Å². The molecule has 0 radical (unpaired) electrons. The maximum absolute atomic E-state index is 12.1. The Hall–Kier alpha value is -3.86. The van der Waals surface area contributed by atoms with Crippen molar-refractivity contribution < 1.29 is 19.1 Å². The number of nitriles is 1. The smallest absolute Gasteiger partial charge is 0.276 e. The summed E-state index contributed by atoms with van der Waals surface area (Å²) in [5.41, 5.74) is 7.05. The fourth-order valence-electron chi connectivity index (χ4n) is 2.63. The van der Waals surface area contributed by atoms with Gasteiger partial charge in [-0.05, 0) is 41.3 Å². The van der Waals surface area contributed by atoms with Crippen LogP contribution in [0.5, 0.6) is 5.75 Å². The van der Waals surface area contributed by atoms with Crippen LogP contribution in [0.1, 0.15) is 26.3 Å². The molecule has 2 aromatic carbocycles. The molecule has 0 spiro atoms. The van der Waals surface area contributed by atoms with E-state index in [9.17, 15) is 14.4 Å². The molecule has 2 rings (SSSR count). The number of nitrogens with zero attached hydrogens (tertiary/aromatic N) is 1. The Bertz CT molecular complexity index is 931. The second-order valence-electron chi connectivity index (χ2n) is 6.96. The molecule has 8 heteroatoms. The normalized spacial score (nSPS) is 11.2. The van der Waals surface area contributed by atoms with E-state index in [1.165, 1.54) is 6.92 Å². The summed E-state index contributed by atoms with van der Waals surface area (Å²) >= 11 is 0. The molecule has 0 saturated heterocycles. The van der Waals surface area contributed by atoms with E-state index in [1.54, 1.807) is 38.1 Å². The van der Waals surface area contributed by atoms with Gasteiger partial charge in [-0.3, -0.25) is 25.2 Å². The predicted octanol–water partition coefficient (Wildman–Crippen LogP) is 1.91. The summed E-state index contributed by atoms with van der Waals surface area (Å²) in [6, 6.07) is 15.7. The molecule has 0 heterocycles. The standard InChI is InChI=1S/C22H24N4O4/c1-14(2)21(24-15(3)27)22(29)26-25-20(28)13-30-19-10-8-18(9-11-19)17-6-4-16(12-23)5-7-17/h4-11,14,21H,13H2,1-3H3,(H,24,27)(H,25,28)(H,26,29). The zero-order chi connectivity index (χ0) is 22.1. The van der Waals surface area contributed by atoms with Gasteiger partial charge in [-0.25, -0.2) is 0 Å². The third kappa shape index (κ3) is 6.63. The van der Waals surface area contributed by atoms with Gasteiger partial charge in [0, 0.05) is 6.92 Å². The highest BCUT2D eigenvalue weighted by Crippen LogP contribution is 2.22. The average Bonchev–Trinajstić information content (AvgIpc) is 2.74. The van der Waals surface area contributed by atoms with Crippen LogP contribution in [-0.2, 0) is 14.4 Å². The van der Waals surface area contributed by atoms with Crippen LogP contribution in [0.4, 0.5) is 0 Å². The Labute approximate surface area is 175 Å². The summed E-state index contributed by atoms with van der Waals surface area (Å²) in [5.74, 6) is -1.03. The van der Waals surface area contributed by atoms with Crippen LogP contribution in [-0.4, -0.2) is 30.4 Å². The van der Waals surface area contributed by atoms with Crippen LogP contribution in [0.25, 0.3) is 11.1 Å². The summed E-state index contributed by atoms with van der Waals surface area (Å²) in [6.07, 6.45) is 0. The fourth-order valence-corrected chi connectivity index (χ4v) is 2.63. The highest BCUT2D eigenvalue weighted by Gasteiger charge is 2.23. The molecule has 0 aliphatic heterocycles. The number of amides is 3. The number of carbonyl (C=O) groups is 3. The van der Waals surface area contributed by atoms with Crippen LogP contribution < -0.4 is 20.9 Å². The Morgan fingerprint density at radius 3 is 2.03 bits per heavy atom. The molecule has 156 valence electrons. The van der Waals surface area contributed by atoms with Crippen LogP contribution >= 0.6 is 0 Å². The van der Waals surface area contributed by atoms with Crippen LogP contribution in [0.3, 0.4) is 0 Å². The minimum absolute atomic E-state index is 0.142. The Morgan fingerprint density at radius 1 is 0.967 bits per heavy atom. The van der Waals surface area contributed by atoms with Gasteiger partial charge in [0.1, 0.15) is 11.8 Å². The molecule has 0 saturated carbocycles. The van der Waals surface area contributed by atoms with Crippen molar-refractivity contribution in [2.45, 2.75) is 26.8 Å². The lowest BCUT2D eigenvalue weighted by Gasteiger charge is -2.21. The molecular weight excluding hydrogens is 384 g/mol. The van der Waals surface area contributed by atoms with Crippen LogP contribution in [0, 0.1) is 17.2 Å². The summed E-state index contributed by atoms with van der Waals surface area (Å²) in [7, 11) is 0. The number of benzene rings is 2. The first kappa shape index (κ1) is 22.4. The maximum Gasteiger partial charge on any atom is 0.276 e. The molecule has 0 aromatic heterocycles. The molecule has 3 N–H and O–H groups in total. The second-order valence-corrected chi connectivity index (χ2v) is 6.96. The monoisotopic (exact) mass is 408 g/mol. The molecule has 0 fully saturated rings. The predicted molar refractivity (Wildman–Crippen MR) is 111 cm³/mol. The van der Waals surface area contributed by atoms with E-state index >= 15 is 0 Å². The number of hydrazine groups is 1. The van der Waals surface area contributed by atoms with Gasteiger partial charge in [-0.1, -0.05) is 38.1 Å². The van der Waals surface area contributed by atoms with Crippen LogP contribution in [0.2, 0.25) is 0 Å². The van der Waals surface area contributed by atoms with E-state index in [-0.39, 0.29) is 18.4 Å². The molecule has 0 aliphatic rings. The third-order valence-electron chi connectivity index (χ3n) is 4.20. The quantitative estimate of drug-likeness (QED) is 0.605. The molecular formula is C22H24N4O4. The average molecular weight is 408 g/mol. The molecule has 1 unspecified atom stereocenters. The van der Waals surface area contributed by atoms with Crippen molar-refractivity contribution in [3.63, 3.8) is 0 Å². The maximum atomic E-state index is 12.1. The molecule has 1 atom stereocenters. The van der Waals surface area contributed by atoms with Gasteiger partial charge in [0.05, 0.1) is 11.6 Å². The molecule has 0 aliphatic carbocycles. The zero-order valence-corrected chi connectivity index (χ0v) is 17.1. The molecule has 3 amide bonds. The van der Waals surface area contributed by atoms with Crippen molar-refractivity contribution in [3.8, 4) is 22.9 Å². The number of hydrogen-bond acceptors (Lipinski definition) is 5. The van der Waals surface area contributed by atoms with Crippen LogP contribution in [0.15, 0.2) is 48.5 Å². The van der Waals surface area contributed by atoms with E-state index in [0.29, 0.717) is 11.3 Å². The Balaban J connectivity index is 1.83. The van der Waals surface area contributed by atoms with E-state index < -0.39 is 17.9 Å². The minimum Gasteiger partial charge on any atom is -0.484 e. The van der Waals surface area contributed by atoms with Gasteiger partial charge >= 0.3 is 0 Å². The lowest BCUT2D eigenvalue weighted by Crippen LogP contribution is -2.54. The summed E-state index contributed by atoms with van der Waals surface area (Å²) in [5, 5.41) is 11.4. The van der Waals surface area contributed by atoms with Gasteiger partial charge in [-0.2, -0.15) is 5.26 Å². The molecule has 8 nitrogen and oxygen atoms in total. The number of rotatable bonds is 7. The second kappa shape index (κ2) is 10.6. The minimum atomic E-state index is -0.751. The zero-order valence-electron chi connectivity index (χ0n) is 17.1. The number of ether oxygens (including phenoxy) is 1. The lowest BCUT2D eigenvalue weighted by molar-refractivity contribution is -0.133. The van der Waals surface area contributed by atoms with Gasteiger partial charge in [0.2, 0.25) is 5.91 Å².